The highest BCUT2D eigenvalue weighted by molar-refractivity contribution is 5.85. The van der Waals surface area contributed by atoms with E-state index in [0.717, 1.165) is 38.7 Å². The summed E-state index contributed by atoms with van der Waals surface area (Å²) >= 11 is 0. The monoisotopic (exact) mass is 283 g/mol. The van der Waals surface area contributed by atoms with Gasteiger partial charge in [0.1, 0.15) is 0 Å². The molecule has 0 radical (unpaired) electrons. The highest BCUT2D eigenvalue weighted by Crippen LogP contribution is 2.39. The van der Waals surface area contributed by atoms with E-state index in [1.807, 2.05) is 6.92 Å². The zero-order valence-corrected chi connectivity index (χ0v) is 12.2. The lowest BCUT2D eigenvalue weighted by Gasteiger charge is -2.33. The van der Waals surface area contributed by atoms with Crippen LogP contribution in [0.3, 0.4) is 0 Å². The molecule has 1 saturated carbocycles. The van der Waals surface area contributed by atoms with Gasteiger partial charge >= 0.3 is 5.97 Å². The predicted molar refractivity (Wildman–Crippen MR) is 74.4 cm³/mol. The van der Waals surface area contributed by atoms with Crippen LogP contribution in [0.2, 0.25) is 0 Å². The number of amides is 1. The number of aliphatic carboxylic acids is 1. The zero-order chi connectivity index (χ0) is 14.6. The van der Waals surface area contributed by atoms with Crippen molar-refractivity contribution in [1.82, 2.24) is 5.32 Å². The van der Waals surface area contributed by atoms with Gasteiger partial charge in [-0.15, -0.1) is 0 Å². The van der Waals surface area contributed by atoms with Gasteiger partial charge in [-0.05, 0) is 32.6 Å². The molecule has 1 aliphatic carbocycles. The Kier molecular flexibility index (Phi) is 4.68. The SMILES string of the molecule is CC1(CNC(=O)CC2(C(=O)O)CCCCC2)CCCO1. The van der Waals surface area contributed by atoms with Crippen molar-refractivity contribution in [3.05, 3.63) is 0 Å². The first-order chi connectivity index (χ1) is 9.46. The van der Waals surface area contributed by atoms with Crippen LogP contribution in [0.15, 0.2) is 0 Å². The van der Waals surface area contributed by atoms with Gasteiger partial charge < -0.3 is 15.2 Å². The molecule has 2 fully saturated rings. The Morgan fingerprint density at radius 3 is 2.40 bits per heavy atom. The molecule has 1 heterocycles. The summed E-state index contributed by atoms with van der Waals surface area (Å²) in [6, 6.07) is 0. The van der Waals surface area contributed by atoms with Crippen LogP contribution in [0.25, 0.3) is 0 Å². The Morgan fingerprint density at radius 1 is 1.15 bits per heavy atom. The summed E-state index contributed by atoms with van der Waals surface area (Å²) in [5, 5.41) is 12.3. The summed E-state index contributed by atoms with van der Waals surface area (Å²) in [5.41, 5.74) is -1.13. The van der Waals surface area contributed by atoms with Gasteiger partial charge in [0.15, 0.2) is 0 Å². The maximum atomic E-state index is 12.1. The van der Waals surface area contributed by atoms with Crippen molar-refractivity contribution in [3.63, 3.8) is 0 Å². The Labute approximate surface area is 120 Å². The summed E-state index contributed by atoms with van der Waals surface area (Å²) in [5.74, 6) is -0.985. The summed E-state index contributed by atoms with van der Waals surface area (Å²) in [6.45, 7) is 3.21. The largest absolute Gasteiger partial charge is 0.481 e. The van der Waals surface area contributed by atoms with E-state index < -0.39 is 11.4 Å². The van der Waals surface area contributed by atoms with Crippen LogP contribution in [-0.2, 0) is 14.3 Å². The van der Waals surface area contributed by atoms with E-state index in [9.17, 15) is 14.7 Å². The van der Waals surface area contributed by atoms with Crippen LogP contribution in [-0.4, -0.2) is 35.7 Å². The Bertz CT molecular complexity index is 368. The molecule has 5 nitrogen and oxygen atoms in total. The van der Waals surface area contributed by atoms with E-state index in [4.69, 9.17) is 4.74 Å². The van der Waals surface area contributed by atoms with Crippen LogP contribution < -0.4 is 5.32 Å². The summed E-state index contributed by atoms with van der Waals surface area (Å²) in [4.78, 5) is 23.6. The molecule has 0 aromatic heterocycles. The maximum Gasteiger partial charge on any atom is 0.310 e. The number of carboxylic acid groups (broad SMARTS) is 1. The second-order valence-electron chi connectivity index (χ2n) is 6.50. The minimum absolute atomic E-state index is 0.0956. The van der Waals surface area contributed by atoms with Crippen LogP contribution >= 0.6 is 0 Å². The van der Waals surface area contributed by atoms with Crippen molar-refractivity contribution >= 4 is 11.9 Å². The number of carbonyl (C=O) groups is 2. The third-order valence-corrected chi connectivity index (χ3v) is 4.72. The van der Waals surface area contributed by atoms with Crippen molar-refractivity contribution in [2.24, 2.45) is 5.41 Å². The van der Waals surface area contributed by atoms with Gasteiger partial charge in [0.25, 0.3) is 0 Å². The van der Waals surface area contributed by atoms with Gasteiger partial charge in [0, 0.05) is 19.6 Å². The molecule has 2 aliphatic rings. The molecule has 0 aromatic rings. The molecule has 20 heavy (non-hydrogen) atoms. The van der Waals surface area contributed by atoms with E-state index in [1.54, 1.807) is 0 Å². The van der Waals surface area contributed by atoms with E-state index >= 15 is 0 Å². The molecule has 1 atom stereocenters. The number of nitrogens with one attached hydrogen (secondary N) is 1. The van der Waals surface area contributed by atoms with E-state index in [1.165, 1.54) is 0 Å². The zero-order valence-electron chi connectivity index (χ0n) is 12.2. The molecule has 2 N–H and O–H groups in total. The molecular weight excluding hydrogens is 258 g/mol. The van der Waals surface area contributed by atoms with E-state index in [-0.39, 0.29) is 17.9 Å². The molecule has 1 amide bonds. The third kappa shape index (κ3) is 3.51. The Morgan fingerprint density at radius 2 is 1.85 bits per heavy atom. The molecule has 0 spiro atoms. The molecule has 0 bridgehead atoms. The van der Waals surface area contributed by atoms with Gasteiger partial charge in [0.05, 0.1) is 11.0 Å². The fourth-order valence-corrected chi connectivity index (χ4v) is 3.33. The second-order valence-corrected chi connectivity index (χ2v) is 6.50. The van der Waals surface area contributed by atoms with Crippen LogP contribution in [0.1, 0.15) is 58.3 Å². The van der Waals surface area contributed by atoms with Crippen LogP contribution in [0, 0.1) is 5.41 Å². The Balaban J connectivity index is 1.87. The Hall–Kier alpha value is -1.10. The quantitative estimate of drug-likeness (QED) is 0.810. The normalized spacial score (nSPS) is 29.1. The van der Waals surface area contributed by atoms with Crippen molar-refractivity contribution in [3.8, 4) is 0 Å². The molecular formula is C15H25NO4. The first-order valence-corrected chi connectivity index (χ1v) is 7.60. The van der Waals surface area contributed by atoms with Crippen molar-refractivity contribution in [2.45, 2.75) is 63.9 Å². The van der Waals surface area contributed by atoms with Crippen molar-refractivity contribution < 1.29 is 19.4 Å². The van der Waals surface area contributed by atoms with Gasteiger partial charge in [0.2, 0.25) is 5.91 Å². The molecule has 0 aromatic carbocycles. The highest BCUT2D eigenvalue weighted by Gasteiger charge is 2.41. The molecule has 1 unspecified atom stereocenters. The van der Waals surface area contributed by atoms with Gasteiger partial charge in [-0.25, -0.2) is 0 Å². The maximum absolute atomic E-state index is 12.1. The minimum atomic E-state index is -0.847. The van der Waals surface area contributed by atoms with Gasteiger partial charge in [-0.1, -0.05) is 19.3 Å². The molecule has 5 heteroatoms. The van der Waals surface area contributed by atoms with Crippen molar-refractivity contribution in [1.29, 1.82) is 0 Å². The van der Waals surface area contributed by atoms with E-state index in [2.05, 4.69) is 5.32 Å². The summed E-state index contributed by atoms with van der Waals surface area (Å²) < 4.78 is 5.62. The first kappa shape index (κ1) is 15.3. The third-order valence-electron chi connectivity index (χ3n) is 4.72. The van der Waals surface area contributed by atoms with Crippen molar-refractivity contribution in [2.75, 3.05) is 13.2 Å². The summed E-state index contributed by atoms with van der Waals surface area (Å²) in [6.07, 6.45) is 6.16. The lowest BCUT2D eigenvalue weighted by atomic mass is 9.71. The number of carbonyl (C=O) groups excluding carboxylic acids is 1. The second kappa shape index (κ2) is 6.12. The number of ether oxygens (including phenoxy) is 1. The first-order valence-electron chi connectivity index (χ1n) is 7.60. The number of rotatable bonds is 5. The fraction of sp³-hybridized carbons (Fsp3) is 0.867. The standard InChI is InChI=1S/C15H25NO4/c1-14(6-5-9-20-14)11-16-12(17)10-15(13(18)19)7-3-2-4-8-15/h2-11H2,1H3,(H,16,17)(H,18,19). The number of hydrogen-bond acceptors (Lipinski definition) is 3. The molecule has 1 aliphatic heterocycles. The van der Waals surface area contributed by atoms with Crippen LogP contribution in [0.4, 0.5) is 0 Å². The number of hydrogen-bond donors (Lipinski definition) is 2. The lowest BCUT2D eigenvalue weighted by Crippen LogP contribution is -2.44. The van der Waals surface area contributed by atoms with Crippen LogP contribution in [0.5, 0.6) is 0 Å². The van der Waals surface area contributed by atoms with E-state index in [0.29, 0.717) is 19.4 Å². The average Bonchev–Trinajstić information content (AvgIpc) is 2.85. The average molecular weight is 283 g/mol. The highest BCUT2D eigenvalue weighted by atomic mass is 16.5. The smallest absolute Gasteiger partial charge is 0.310 e. The lowest BCUT2D eigenvalue weighted by molar-refractivity contribution is -0.154. The predicted octanol–water partition coefficient (Wildman–Crippen LogP) is 2.10. The van der Waals surface area contributed by atoms with Gasteiger partial charge in [-0.2, -0.15) is 0 Å². The van der Waals surface area contributed by atoms with Gasteiger partial charge in [-0.3, -0.25) is 9.59 Å². The number of carboxylic acids is 1. The topological polar surface area (TPSA) is 75.6 Å². The minimum Gasteiger partial charge on any atom is -0.481 e. The fourth-order valence-electron chi connectivity index (χ4n) is 3.33. The molecule has 2 rings (SSSR count). The molecule has 1 saturated heterocycles. The summed E-state index contributed by atoms with van der Waals surface area (Å²) in [7, 11) is 0. The molecule has 114 valence electrons.